The molecule has 0 heterocycles. The summed E-state index contributed by atoms with van der Waals surface area (Å²) in [5, 5.41) is 10.3. The first kappa shape index (κ1) is 42.9. The van der Waals surface area contributed by atoms with Crippen LogP contribution in [0.4, 0.5) is 0 Å². The number of ether oxygens (including phenoxy) is 2. The van der Waals surface area contributed by atoms with Gasteiger partial charge in [-0.3, -0.25) is 9.59 Å². The normalized spacial score (nSPS) is 14.2. The summed E-state index contributed by atoms with van der Waals surface area (Å²) in [7, 11) is 0. The second-order valence-electron chi connectivity index (χ2n) is 14.0. The first-order chi connectivity index (χ1) is 21.3. The highest BCUT2D eigenvalue weighted by molar-refractivity contribution is 5.70. The third kappa shape index (κ3) is 29.6. The molecule has 5 heteroatoms. The van der Waals surface area contributed by atoms with Gasteiger partial charge in [-0.15, -0.1) is 0 Å². The fraction of sp³-hybridized carbons (Fsp3) is 0.949. The average Bonchev–Trinajstić information content (AvgIpc) is 3.00. The van der Waals surface area contributed by atoms with E-state index in [-0.39, 0.29) is 18.5 Å². The van der Waals surface area contributed by atoms with Crippen LogP contribution in [0.15, 0.2) is 0 Å². The lowest BCUT2D eigenvalue weighted by molar-refractivity contribution is -0.159. The molecule has 44 heavy (non-hydrogen) atoms. The molecule has 0 rings (SSSR count). The maximum Gasteiger partial charge on any atom is 0.306 e. The minimum absolute atomic E-state index is 0.126. The number of hydrogen-bond donors (Lipinski definition) is 1. The van der Waals surface area contributed by atoms with Crippen molar-refractivity contribution in [2.24, 2.45) is 11.8 Å². The Balaban J connectivity index is 3.68. The molecule has 0 aromatic carbocycles. The Morgan fingerprint density at radius 2 is 0.841 bits per heavy atom. The van der Waals surface area contributed by atoms with Gasteiger partial charge in [0.2, 0.25) is 0 Å². The summed E-state index contributed by atoms with van der Waals surface area (Å²) in [5.41, 5.74) is 0. The van der Waals surface area contributed by atoms with Gasteiger partial charge in [0.15, 0.2) is 0 Å². The first-order valence-corrected chi connectivity index (χ1v) is 19.3. The Hall–Kier alpha value is -1.10. The van der Waals surface area contributed by atoms with Crippen LogP contribution in [0.5, 0.6) is 0 Å². The summed E-state index contributed by atoms with van der Waals surface area (Å²) in [6.07, 6.45) is 30.7. The molecule has 262 valence electrons. The zero-order chi connectivity index (χ0) is 32.7. The maximum atomic E-state index is 12.2. The van der Waals surface area contributed by atoms with Crippen LogP contribution in [0.25, 0.3) is 0 Å². The molecule has 0 radical (unpaired) electrons. The van der Waals surface area contributed by atoms with Gasteiger partial charge in [-0.25, -0.2) is 0 Å². The molecular formula is C39H76O5. The van der Waals surface area contributed by atoms with Crippen molar-refractivity contribution in [2.75, 3.05) is 6.61 Å². The second-order valence-corrected chi connectivity index (χ2v) is 14.0. The van der Waals surface area contributed by atoms with E-state index in [1.54, 1.807) is 6.92 Å². The fourth-order valence-corrected chi connectivity index (χ4v) is 5.97. The number of carbonyl (C=O) groups is 2. The van der Waals surface area contributed by atoms with Crippen LogP contribution >= 0.6 is 0 Å². The smallest absolute Gasteiger partial charge is 0.306 e. The van der Waals surface area contributed by atoms with Crippen LogP contribution in [-0.4, -0.2) is 35.9 Å². The molecule has 0 aromatic heterocycles. The van der Waals surface area contributed by atoms with E-state index in [4.69, 9.17) is 9.47 Å². The zero-order valence-electron chi connectivity index (χ0n) is 30.2. The molecule has 0 fully saturated rings. The van der Waals surface area contributed by atoms with Crippen LogP contribution in [0.2, 0.25) is 0 Å². The molecule has 0 spiro atoms. The van der Waals surface area contributed by atoms with Crippen molar-refractivity contribution in [3.8, 4) is 0 Å². The number of unbranched alkanes of at least 4 members (excludes halogenated alkanes) is 17. The molecule has 0 aliphatic rings. The molecule has 4 atom stereocenters. The Bertz CT molecular complexity index is 636. The Morgan fingerprint density at radius 1 is 0.500 bits per heavy atom. The van der Waals surface area contributed by atoms with E-state index in [0.717, 1.165) is 44.4 Å². The lowest BCUT2D eigenvalue weighted by atomic mass is 9.96. The molecule has 0 aliphatic carbocycles. The summed E-state index contributed by atoms with van der Waals surface area (Å²) in [4.78, 5) is 24.3. The van der Waals surface area contributed by atoms with Gasteiger partial charge < -0.3 is 14.6 Å². The number of carbonyl (C=O) groups excluding carboxylic acids is 2. The van der Waals surface area contributed by atoms with E-state index in [1.165, 1.54) is 122 Å². The van der Waals surface area contributed by atoms with E-state index in [2.05, 4.69) is 27.7 Å². The van der Waals surface area contributed by atoms with Gasteiger partial charge in [-0.1, -0.05) is 175 Å². The molecule has 0 saturated carbocycles. The third-order valence-corrected chi connectivity index (χ3v) is 9.28. The lowest BCUT2D eigenvalue weighted by Crippen LogP contribution is -2.33. The molecule has 0 saturated heterocycles. The van der Waals surface area contributed by atoms with Gasteiger partial charge in [0, 0.05) is 12.8 Å². The van der Waals surface area contributed by atoms with Crippen molar-refractivity contribution in [2.45, 2.75) is 220 Å². The summed E-state index contributed by atoms with van der Waals surface area (Å²) < 4.78 is 10.6. The lowest BCUT2D eigenvalue weighted by Gasteiger charge is -2.19. The molecular weight excluding hydrogens is 548 g/mol. The molecule has 1 N–H and O–H groups in total. The van der Waals surface area contributed by atoms with E-state index >= 15 is 0 Å². The quantitative estimate of drug-likeness (QED) is 0.0581. The van der Waals surface area contributed by atoms with Gasteiger partial charge in [-0.05, 0) is 31.6 Å². The van der Waals surface area contributed by atoms with Crippen LogP contribution in [0.3, 0.4) is 0 Å². The van der Waals surface area contributed by atoms with Crippen molar-refractivity contribution in [1.29, 1.82) is 0 Å². The monoisotopic (exact) mass is 625 g/mol. The van der Waals surface area contributed by atoms with Crippen molar-refractivity contribution in [3.63, 3.8) is 0 Å². The largest absolute Gasteiger partial charge is 0.463 e. The van der Waals surface area contributed by atoms with Crippen LogP contribution in [-0.2, 0) is 19.1 Å². The molecule has 5 nitrogen and oxygen atoms in total. The summed E-state index contributed by atoms with van der Waals surface area (Å²) >= 11 is 0. The van der Waals surface area contributed by atoms with E-state index in [9.17, 15) is 14.7 Å². The Labute approximate surface area is 274 Å². The Kier molecular flexibility index (Phi) is 31.1. The molecule has 0 aromatic rings. The van der Waals surface area contributed by atoms with Crippen molar-refractivity contribution >= 4 is 11.9 Å². The van der Waals surface area contributed by atoms with Crippen molar-refractivity contribution < 1.29 is 24.2 Å². The van der Waals surface area contributed by atoms with Crippen LogP contribution < -0.4 is 0 Å². The molecule has 0 bridgehead atoms. The van der Waals surface area contributed by atoms with Gasteiger partial charge in [-0.2, -0.15) is 0 Å². The predicted octanol–water partition coefficient (Wildman–Crippen LogP) is 11.7. The topological polar surface area (TPSA) is 72.8 Å². The SMILES string of the molecule is CCCCCCCCCCC(C)CCCCC(=O)OCC(O)C(C)OC(=O)CCCCCCCC(C)CCCCCCCC. The third-order valence-electron chi connectivity index (χ3n) is 9.28. The predicted molar refractivity (Wildman–Crippen MR) is 187 cm³/mol. The first-order valence-electron chi connectivity index (χ1n) is 19.3. The van der Waals surface area contributed by atoms with Gasteiger partial charge in [0.05, 0.1) is 0 Å². The van der Waals surface area contributed by atoms with Crippen molar-refractivity contribution in [3.05, 3.63) is 0 Å². The number of aliphatic hydroxyl groups is 1. The summed E-state index contributed by atoms with van der Waals surface area (Å²) in [6.45, 7) is 10.8. The van der Waals surface area contributed by atoms with Gasteiger partial charge in [0.1, 0.15) is 18.8 Å². The van der Waals surface area contributed by atoms with Crippen LogP contribution in [0, 0.1) is 11.8 Å². The van der Waals surface area contributed by atoms with Crippen LogP contribution in [0.1, 0.15) is 208 Å². The number of esters is 2. The van der Waals surface area contributed by atoms with E-state index < -0.39 is 12.2 Å². The number of rotatable bonds is 33. The fourth-order valence-electron chi connectivity index (χ4n) is 5.97. The number of aliphatic hydroxyl groups excluding tert-OH is 1. The summed E-state index contributed by atoms with van der Waals surface area (Å²) in [5.74, 6) is 0.967. The van der Waals surface area contributed by atoms with Gasteiger partial charge in [0.25, 0.3) is 0 Å². The Morgan fingerprint density at radius 3 is 1.30 bits per heavy atom. The van der Waals surface area contributed by atoms with E-state index in [0.29, 0.717) is 18.8 Å². The standard InChI is InChI=1S/C39H76O5/c1-6-8-10-12-14-15-18-22-29-35(4)30-25-26-31-38(41)43-33-37(40)36(5)44-39(42)32-24-20-16-19-23-28-34(3)27-21-17-13-11-9-7-2/h34-37,40H,6-33H2,1-5H3. The highest BCUT2D eigenvalue weighted by atomic mass is 16.6. The average molecular weight is 625 g/mol. The molecule has 0 aliphatic heterocycles. The number of hydrogen-bond acceptors (Lipinski definition) is 5. The molecule has 0 amide bonds. The van der Waals surface area contributed by atoms with E-state index in [1.807, 2.05) is 0 Å². The minimum Gasteiger partial charge on any atom is -0.463 e. The zero-order valence-corrected chi connectivity index (χ0v) is 30.2. The second kappa shape index (κ2) is 31.9. The molecule has 4 unspecified atom stereocenters. The van der Waals surface area contributed by atoms with Gasteiger partial charge >= 0.3 is 11.9 Å². The van der Waals surface area contributed by atoms with Crippen molar-refractivity contribution in [1.82, 2.24) is 0 Å². The highest BCUT2D eigenvalue weighted by Crippen LogP contribution is 2.20. The summed E-state index contributed by atoms with van der Waals surface area (Å²) in [6, 6.07) is 0. The maximum absolute atomic E-state index is 12.2. The minimum atomic E-state index is -0.993. The highest BCUT2D eigenvalue weighted by Gasteiger charge is 2.20.